The standard InChI is InChI=1S/C16H18N4/c1-20(2)13-9-7-12(8-10-13)11-17-16-18-14-5-3-4-6-15(14)19-16/h3-10H,11H2,1-2H3,(H2,17,18,19). The molecule has 0 fully saturated rings. The van der Waals surface area contributed by atoms with Crippen molar-refractivity contribution in [2.24, 2.45) is 0 Å². The molecule has 4 heteroatoms. The van der Waals surface area contributed by atoms with E-state index in [1.807, 2.05) is 38.4 Å². The molecule has 0 aliphatic rings. The number of benzene rings is 2. The molecule has 3 aromatic rings. The average Bonchev–Trinajstić information content (AvgIpc) is 2.88. The fourth-order valence-corrected chi connectivity index (χ4v) is 2.13. The molecule has 0 aliphatic carbocycles. The van der Waals surface area contributed by atoms with Gasteiger partial charge in [-0.05, 0) is 29.8 Å². The van der Waals surface area contributed by atoms with Crippen LogP contribution in [0.2, 0.25) is 0 Å². The number of rotatable bonds is 4. The van der Waals surface area contributed by atoms with Crippen LogP contribution in [0.4, 0.5) is 11.6 Å². The molecule has 0 unspecified atom stereocenters. The number of aromatic amines is 1. The monoisotopic (exact) mass is 266 g/mol. The van der Waals surface area contributed by atoms with Crippen LogP contribution in [0.1, 0.15) is 5.56 Å². The summed E-state index contributed by atoms with van der Waals surface area (Å²) in [5, 5.41) is 3.32. The summed E-state index contributed by atoms with van der Waals surface area (Å²) in [6.07, 6.45) is 0. The molecule has 0 spiro atoms. The predicted octanol–water partition coefficient (Wildman–Crippen LogP) is 3.24. The lowest BCUT2D eigenvalue weighted by molar-refractivity contribution is 1.09. The largest absolute Gasteiger partial charge is 0.378 e. The van der Waals surface area contributed by atoms with E-state index >= 15 is 0 Å². The van der Waals surface area contributed by atoms with Crippen LogP contribution in [-0.4, -0.2) is 24.1 Å². The Balaban J connectivity index is 1.69. The minimum absolute atomic E-state index is 0.757. The fraction of sp³-hybridized carbons (Fsp3) is 0.188. The van der Waals surface area contributed by atoms with E-state index in [2.05, 4.69) is 44.5 Å². The second kappa shape index (κ2) is 5.25. The van der Waals surface area contributed by atoms with Gasteiger partial charge in [-0.25, -0.2) is 4.98 Å². The summed E-state index contributed by atoms with van der Waals surface area (Å²) in [7, 11) is 4.09. The van der Waals surface area contributed by atoms with Gasteiger partial charge in [0.2, 0.25) is 5.95 Å². The number of para-hydroxylation sites is 2. The Morgan fingerprint density at radius 1 is 1.05 bits per heavy atom. The maximum Gasteiger partial charge on any atom is 0.201 e. The zero-order valence-corrected chi connectivity index (χ0v) is 11.7. The van der Waals surface area contributed by atoms with E-state index in [1.165, 1.54) is 11.3 Å². The highest BCUT2D eigenvalue weighted by molar-refractivity contribution is 5.77. The molecular weight excluding hydrogens is 248 g/mol. The number of hydrogen-bond acceptors (Lipinski definition) is 3. The second-order valence-corrected chi connectivity index (χ2v) is 5.02. The van der Waals surface area contributed by atoms with E-state index in [-0.39, 0.29) is 0 Å². The van der Waals surface area contributed by atoms with E-state index in [0.29, 0.717) is 0 Å². The number of nitrogens with one attached hydrogen (secondary N) is 2. The van der Waals surface area contributed by atoms with Gasteiger partial charge in [-0.2, -0.15) is 0 Å². The van der Waals surface area contributed by atoms with Crippen LogP contribution in [-0.2, 0) is 6.54 Å². The second-order valence-electron chi connectivity index (χ2n) is 5.02. The molecule has 0 bridgehead atoms. The zero-order valence-electron chi connectivity index (χ0n) is 11.7. The van der Waals surface area contributed by atoms with Gasteiger partial charge in [0.25, 0.3) is 0 Å². The first-order valence-corrected chi connectivity index (χ1v) is 6.67. The Morgan fingerprint density at radius 2 is 1.80 bits per heavy atom. The van der Waals surface area contributed by atoms with Gasteiger partial charge in [0, 0.05) is 26.3 Å². The van der Waals surface area contributed by atoms with Crippen LogP contribution in [0.3, 0.4) is 0 Å². The van der Waals surface area contributed by atoms with E-state index in [1.54, 1.807) is 0 Å². The van der Waals surface area contributed by atoms with Gasteiger partial charge in [0.05, 0.1) is 11.0 Å². The SMILES string of the molecule is CN(C)c1ccc(CNc2nc3ccccc3[nH]2)cc1. The number of fused-ring (bicyclic) bond motifs is 1. The average molecular weight is 266 g/mol. The number of hydrogen-bond donors (Lipinski definition) is 2. The molecule has 2 N–H and O–H groups in total. The van der Waals surface area contributed by atoms with Crippen LogP contribution in [0.15, 0.2) is 48.5 Å². The van der Waals surface area contributed by atoms with Crippen molar-refractivity contribution in [1.82, 2.24) is 9.97 Å². The minimum atomic E-state index is 0.757. The van der Waals surface area contributed by atoms with Gasteiger partial charge >= 0.3 is 0 Å². The maximum atomic E-state index is 4.50. The molecular formula is C16H18N4. The summed E-state index contributed by atoms with van der Waals surface area (Å²) >= 11 is 0. The third-order valence-corrected chi connectivity index (χ3v) is 3.30. The smallest absolute Gasteiger partial charge is 0.201 e. The summed E-state index contributed by atoms with van der Waals surface area (Å²) in [6, 6.07) is 16.5. The van der Waals surface area contributed by atoms with Crippen molar-refractivity contribution in [1.29, 1.82) is 0 Å². The third kappa shape index (κ3) is 2.59. The van der Waals surface area contributed by atoms with Crippen LogP contribution in [0.25, 0.3) is 11.0 Å². The Bertz CT molecular complexity index is 665. The molecule has 0 saturated carbocycles. The molecule has 102 valence electrons. The molecule has 4 nitrogen and oxygen atoms in total. The number of imidazole rings is 1. The van der Waals surface area contributed by atoms with Crippen molar-refractivity contribution in [2.45, 2.75) is 6.54 Å². The van der Waals surface area contributed by atoms with Crippen LogP contribution < -0.4 is 10.2 Å². The lowest BCUT2D eigenvalue weighted by atomic mass is 10.2. The fourth-order valence-electron chi connectivity index (χ4n) is 2.13. The molecule has 0 amide bonds. The molecule has 0 radical (unpaired) electrons. The Hall–Kier alpha value is -2.49. The van der Waals surface area contributed by atoms with Gasteiger partial charge in [0.1, 0.15) is 0 Å². The predicted molar refractivity (Wildman–Crippen MR) is 84.2 cm³/mol. The molecule has 3 rings (SSSR count). The molecule has 0 atom stereocenters. The Kier molecular flexibility index (Phi) is 3.29. The first-order valence-electron chi connectivity index (χ1n) is 6.67. The minimum Gasteiger partial charge on any atom is -0.378 e. The summed E-state index contributed by atoms with van der Waals surface area (Å²) < 4.78 is 0. The molecule has 20 heavy (non-hydrogen) atoms. The lowest BCUT2D eigenvalue weighted by Gasteiger charge is -2.12. The zero-order chi connectivity index (χ0) is 13.9. The molecule has 1 aromatic heterocycles. The van der Waals surface area contributed by atoms with Crippen LogP contribution >= 0.6 is 0 Å². The first kappa shape index (κ1) is 12.5. The Morgan fingerprint density at radius 3 is 2.50 bits per heavy atom. The van der Waals surface area contributed by atoms with E-state index < -0.39 is 0 Å². The number of aromatic nitrogens is 2. The van der Waals surface area contributed by atoms with Gasteiger partial charge in [-0.15, -0.1) is 0 Å². The molecule has 0 saturated heterocycles. The first-order chi connectivity index (χ1) is 9.72. The van der Waals surface area contributed by atoms with Crippen molar-refractivity contribution < 1.29 is 0 Å². The maximum absolute atomic E-state index is 4.50. The summed E-state index contributed by atoms with van der Waals surface area (Å²) in [5.74, 6) is 0.808. The lowest BCUT2D eigenvalue weighted by Crippen LogP contribution is -2.08. The van der Waals surface area contributed by atoms with E-state index in [9.17, 15) is 0 Å². The molecule has 1 heterocycles. The normalized spacial score (nSPS) is 10.7. The van der Waals surface area contributed by atoms with Gasteiger partial charge < -0.3 is 15.2 Å². The summed E-state index contributed by atoms with van der Waals surface area (Å²) in [6.45, 7) is 0.757. The third-order valence-electron chi connectivity index (χ3n) is 3.30. The van der Waals surface area contributed by atoms with Crippen molar-refractivity contribution in [2.75, 3.05) is 24.3 Å². The summed E-state index contributed by atoms with van der Waals surface area (Å²) in [5.41, 5.74) is 4.48. The van der Waals surface area contributed by atoms with Crippen molar-refractivity contribution >= 4 is 22.7 Å². The Labute approximate surface area is 118 Å². The van der Waals surface area contributed by atoms with E-state index in [4.69, 9.17) is 0 Å². The number of H-pyrrole nitrogens is 1. The van der Waals surface area contributed by atoms with Gasteiger partial charge in [-0.1, -0.05) is 24.3 Å². The van der Waals surface area contributed by atoms with Gasteiger partial charge in [0.15, 0.2) is 0 Å². The van der Waals surface area contributed by atoms with Crippen molar-refractivity contribution in [3.8, 4) is 0 Å². The highest BCUT2D eigenvalue weighted by Gasteiger charge is 2.01. The van der Waals surface area contributed by atoms with Crippen molar-refractivity contribution in [3.05, 3.63) is 54.1 Å². The van der Waals surface area contributed by atoms with Crippen LogP contribution in [0, 0.1) is 0 Å². The highest BCUT2D eigenvalue weighted by Crippen LogP contribution is 2.15. The van der Waals surface area contributed by atoms with Crippen molar-refractivity contribution in [3.63, 3.8) is 0 Å². The van der Waals surface area contributed by atoms with E-state index in [0.717, 1.165) is 23.5 Å². The van der Waals surface area contributed by atoms with Crippen LogP contribution in [0.5, 0.6) is 0 Å². The molecule has 2 aromatic carbocycles. The summed E-state index contributed by atoms with van der Waals surface area (Å²) in [4.78, 5) is 9.86. The quantitative estimate of drug-likeness (QED) is 0.762. The topological polar surface area (TPSA) is 44.0 Å². The van der Waals surface area contributed by atoms with Gasteiger partial charge in [-0.3, -0.25) is 0 Å². The molecule has 0 aliphatic heterocycles. The number of nitrogens with zero attached hydrogens (tertiary/aromatic N) is 2. The highest BCUT2D eigenvalue weighted by atomic mass is 15.1. The number of anilines is 2.